The van der Waals surface area contributed by atoms with E-state index in [-0.39, 0.29) is 0 Å². The Morgan fingerprint density at radius 2 is 0.947 bits per heavy atom. The first-order valence-corrected chi connectivity index (χ1v) is 12.8. The van der Waals surface area contributed by atoms with Crippen molar-refractivity contribution in [2.45, 2.75) is 0 Å². The molecule has 0 saturated carbocycles. The summed E-state index contributed by atoms with van der Waals surface area (Å²) in [7, 11) is 0. The summed E-state index contributed by atoms with van der Waals surface area (Å²) in [5, 5.41) is 4.97. The fourth-order valence-electron chi connectivity index (χ4n) is 5.20. The van der Waals surface area contributed by atoms with Gasteiger partial charge in [-0.3, -0.25) is 0 Å². The molecule has 0 radical (unpaired) electrons. The average Bonchev–Trinajstić information content (AvgIpc) is 3.01. The van der Waals surface area contributed by atoms with Gasteiger partial charge in [-0.2, -0.15) is 0 Å². The molecule has 0 aliphatic carbocycles. The van der Waals surface area contributed by atoms with Gasteiger partial charge in [0.1, 0.15) is 0 Å². The zero-order chi connectivity index (χ0) is 25.3. The van der Waals surface area contributed by atoms with Crippen LogP contribution in [0.1, 0.15) is 0 Å². The fourth-order valence-corrected chi connectivity index (χ4v) is 5.20. The predicted molar refractivity (Wildman–Crippen MR) is 159 cm³/mol. The second-order valence-electron chi connectivity index (χ2n) is 9.46. The van der Waals surface area contributed by atoms with Gasteiger partial charge in [0.2, 0.25) is 0 Å². The van der Waals surface area contributed by atoms with Crippen LogP contribution in [-0.2, 0) is 0 Å². The lowest BCUT2D eigenvalue weighted by atomic mass is 9.96. The van der Waals surface area contributed by atoms with Crippen LogP contribution in [0.2, 0.25) is 0 Å². The molecule has 0 unspecified atom stereocenters. The van der Waals surface area contributed by atoms with E-state index in [0.717, 1.165) is 39.5 Å². The molecule has 0 aliphatic rings. The van der Waals surface area contributed by atoms with Crippen molar-refractivity contribution < 1.29 is 0 Å². The number of benzene rings is 6. The van der Waals surface area contributed by atoms with E-state index >= 15 is 0 Å². The Hall–Kier alpha value is -5.08. The molecule has 0 bridgehead atoms. The van der Waals surface area contributed by atoms with Gasteiger partial charge in [-0.05, 0) is 44.8 Å². The van der Waals surface area contributed by atoms with E-state index in [2.05, 4.69) is 121 Å². The van der Waals surface area contributed by atoms with Crippen LogP contribution in [0.4, 0.5) is 0 Å². The average molecular weight is 485 g/mol. The Morgan fingerprint density at radius 3 is 1.76 bits per heavy atom. The zero-order valence-electron chi connectivity index (χ0n) is 20.8. The highest BCUT2D eigenvalue weighted by Gasteiger charge is 2.14. The lowest BCUT2D eigenvalue weighted by Gasteiger charge is -2.13. The predicted octanol–water partition coefficient (Wildman–Crippen LogP) is 9.45. The Kier molecular flexibility index (Phi) is 5.49. The van der Waals surface area contributed by atoms with Gasteiger partial charge in [0, 0.05) is 16.7 Å². The van der Waals surface area contributed by atoms with E-state index in [1.807, 2.05) is 24.3 Å². The van der Waals surface area contributed by atoms with E-state index in [1.165, 1.54) is 27.1 Å². The highest BCUT2D eigenvalue weighted by molar-refractivity contribution is 6.08. The normalized spacial score (nSPS) is 11.2. The van der Waals surface area contributed by atoms with Crippen molar-refractivity contribution in [2.75, 3.05) is 0 Å². The molecule has 0 aliphatic heterocycles. The second kappa shape index (κ2) is 9.42. The van der Waals surface area contributed by atoms with Gasteiger partial charge in [-0.1, -0.05) is 133 Å². The van der Waals surface area contributed by atoms with Crippen molar-refractivity contribution in [1.29, 1.82) is 0 Å². The van der Waals surface area contributed by atoms with Gasteiger partial charge in [0.15, 0.2) is 5.82 Å². The molecule has 0 saturated heterocycles. The molecule has 0 fully saturated rings. The Balaban J connectivity index is 1.44. The highest BCUT2D eigenvalue weighted by atomic mass is 14.9. The van der Waals surface area contributed by atoms with Crippen LogP contribution in [0.25, 0.3) is 66.6 Å². The van der Waals surface area contributed by atoms with Crippen LogP contribution < -0.4 is 0 Å². The summed E-state index contributed by atoms with van der Waals surface area (Å²) in [6.07, 6.45) is 0. The van der Waals surface area contributed by atoms with Crippen molar-refractivity contribution in [2.24, 2.45) is 0 Å². The monoisotopic (exact) mass is 484 g/mol. The molecule has 0 spiro atoms. The Labute approximate surface area is 221 Å². The second-order valence-corrected chi connectivity index (χ2v) is 9.46. The third-order valence-corrected chi connectivity index (χ3v) is 7.09. The number of hydrogen-bond donors (Lipinski definition) is 0. The van der Waals surface area contributed by atoms with Crippen LogP contribution in [0.3, 0.4) is 0 Å². The quantitative estimate of drug-likeness (QED) is 0.233. The molecule has 0 amide bonds. The molecule has 0 atom stereocenters. The molecular formula is C36H24N2. The number of hydrogen-bond acceptors (Lipinski definition) is 2. The minimum Gasteiger partial charge on any atom is -0.228 e. The van der Waals surface area contributed by atoms with Gasteiger partial charge >= 0.3 is 0 Å². The molecule has 6 aromatic carbocycles. The van der Waals surface area contributed by atoms with Crippen molar-refractivity contribution in [3.05, 3.63) is 146 Å². The van der Waals surface area contributed by atoms with Crippen LogP contribution in [0.5, 0.6) is 0 Å². The lowest BCUT2D eigenvalue weighted by Crippen LogP contribution is -1.97. The summed E-state index contributed by atoms with van der Waals surface area (Å²) in [5.74, 6) is 0.722. The first-order valence-electron chi connectivity index (χ1n) is 12.8. The SMILES string of the molecule is c1ccc(-c2nc(-c3ccc4c(ccc5ccccc54)c3)cc(-c3ccccc3-c3ccccc3)n2)cc1. The first-order chi connectivity index (χ1) is 18.8. The van der Waals surface area contributed by atoms with Crippen molar-refractivity contribution in [1.82, 2.24) is 9.97 Å². The highest BCUT2D eigenvalue weighted by Crippen LogP contribution is 2.35. The van der Waals surface area contributed by atoms with Crippen LogP contribution in [0, 0.1) is 0 Å². The molecule has 2 heteroatoms. The minimum absolute atomic E-state index is 0.722. The van der Waals surface area contributed by atoms with Crippen LogP contribution in [-0.4, -0.2) is 9.97 Å². The maximum absolute atomic E-state index is 5.08. The van der Waals surface area contributed by atoms with Crippen molar-refractivity contribution in [3.63, 3.8) is 0 Å². The topological polar surface area (TPSA) is 25.8 Å². The summed E-state index contributed by atoms with van der Waals surface area (Å²) < 4.78 is 0. The Bertz CT molecular complexity index is 1910. The van der Waals surface area contributed by atoms with Gasteiger partial charge < -0.3 is 0 Å². The van der Waals surface area contributed by atoms with Gasteiger partial charge in [-0.25, -0.2) is 9.97 Å². The summed E-state index contributed by atoms with van der Waals surface area (Å²) >= 11 is 0. The molecular weight excluding hydrogens is 460 g/mol. The maximum atomic E-state index is 5.08. The molecule has 178 valence electrons. The molecule has 7 aromatic rings. The summed E-state index contributed by atoms with van der Waals surface area (Å²) in [4.78, 5) is 10.1. The number of rotatable bonds is 4. The molecule has 7 rings (SSSR count). The van der Waals surface area contributed by atoms with E-state index in [4.69, 9.17) is 9.97 Å². The van der Waals surface area contributed by atoms with Gasteiger partial charge in [0.25, 0.3) is 0 Å². The number of aromatic nitrogens is 2. The minimum atomic E-state index is 0.722. The molecule has 2 nitrogen and oxygen atoms in total. The van der Waals surface area contributed by atoms with Crippen LogP contribution in [0.15, 0.2) is 146 Å². The van der Waals surface area contributed by atoms with E-state index in [1.54, 1.807) is 0 Å². The number of nitrogens with zero attached hydrogens (tertiary/aromatic N) is 2. The Morgan fingerprint density at radius 1 is 0.342 bits per heavy atom. The third-order valence-electron chi connectivity index (χ3n) is 7.09. The largest absolute Gasteiger partial charge is 0.228 e. The maximum Gasteiger partial charge on any atom is 0.160 e. The molecule has 1 aromatic heterocycles. The third kappa shape index (κ3) is 4.03. The molecule has 0 N–H and O–H groups in total. The fraction of sp³-hybridized carbons (Fsp3) is 0. The summed E-state index contributed by atoms with van der Waals surface area (Å²) in [5.41, 5.74) is 7.30. The number of fused-ring (bicyclic) bond motifs is 3. The smallest absolute Gasteiger partial charge is 0.160 e. The molecule has 1 heterocycles. The van der Waals surface area contributed by atoms with E-state index in [9.17, 15) is 0 Å². The van der Waals surface area contributed by atoms with Crippen molar-refractivity contribution in [3.8, 4) is 45.0 Å². The summed E-state index contributed by atoms with van der Waals surface area (Å²) in [6.45, 7) is 0. The summed E-state index contributed by atoms with van der Waals surface area (Å²) in [6, 6.07) is 50.9. The first kappa shape index (κ1) is 22.1. The van der Waals surface area contributed by atoms with E-state index in [0.29, 0.717) is 0 Å². The van der Waals surface area contributed by atoms with Gasteiger partial charge in [0.05, 0.1) is 11.4 Å². The lowest BCUT2D eigenvalue weighted by molar-refractivity contribution is 1.18. The zero-order valence-corrected chi connectivity index (χ0v) is 20.8. The van der Waals surface area contributed by atoms with E-state index < -0.39 is 0 Å². The standard InChI is InChI=1S/C36H24N2/c1-3-11-25(12-4-1)31-17-9-10-18-33(31)35-24-34(37-36(38-35)27-14-5-2-6-15-27)29-21-22-32-28(23-29)20-19-26-13-7-8-16-30(26)32/h1-24H. The van der Waals surface area contributed by atoms with Crippen molar-refractivity contribution >= 4 is 21.5 Å². The van der Waals surface area contributed by atoms with Gasteiger partial charge in [-0.15, -0.1) is 0 Å². The van der Waals surface area contributed by atoms with Crippen LogP contribution >= 0.6 is 0 Å². The molecule has 38 heavy (non-hydrogen) atoms.